The van der Waals surface area contributed by atoms with Gasteiger partial charge in [0, 0.05) is 4.91 Å². The van der Waals surface area contributed by atoms with E-state index >= 15 is 0 Å². The lowest BCUT2D eigenvalue weighted by molar-refractivity contribution is -0.755. The molecule has 0 unspecified atom stereocenters. The molecule has 2 aliphatic heterocycles. The molecule has 0 aromatic heterocycles. The normalized spacial score (nSPS) is 21.5. The van der Waals surface area contributed by atoms with Gasteiger partial charge >= 0.3 is 12.1 Å². The van der Waals surface area contributed by atoms with E-state index in [-0.39, 0.29) is 10.6 Å². The second-order valence-electron chi connectivity index (χ2n) is 6.18. The molecule has 1 saturated heterocycles. The molecule has 2 heterocycles. The minimum absolute atomic E-state index is 0.0304. The molecule has 18 heteroatoms. The molecule has 0 N–H and O–H groups in total. The molecule has 0 spiro atoms. The molecule has 180 valence electrons. The predicted molar refractivity (Wildman–Crippen MR) is 115 cm³/mol. The first-order valence-electron chi connectivity index (χ1n) is 8.25. The fourth-order valence-electron chi connectivity index (χ4n) is 2.66. The summed E-state index contributed by atoms with van der Waals surface area (Å²) in [6.07, 6.45) is -2.21. The third-order valence-corrected chi connectivity index (χ3v) is 5.85. The van der Waals surface area contributed by atoms with E-state index in [1.807, 2.05) is 0 Å². The van der Waals surface area contributed by atoms with Crippen molar-refractivity contribution in [3.63, 3.8) is 0 Å². The number of nitrogens with zero attached hydrogens (tertiary/aromatic N) is 2. The molecule has 0 saturated carbocycles. The fraction of sp³-hybridized carbons (Fsp3) is 0.643. The summed E-state index contributed by atoms with van der Waals surface area (Å²) < 4.78 is 10.8. The highest BCUT2D eigenvalue weighted by molar-refractivity contribution is 8.04. The molecule has 0 aliphatic carbocycles. The first-order chi connectivity index (χ1) is 14.6. The number of esters is 1. The van der Waals surface area contributed by atoms with Gasteiger partial charge in [0.05, 0.1) is 0 Å². The molecule has 0 bridgehead atoms. The second kappa shape index (κ2) is 10.7. The molecule has 11 nitrogen and oxygen atoms in total. The standard InChI is InChI=1S/C14H12Cl6N2O9S/c1-5(31-12(25)29-4-14(18,19)20)7-9(23)21-8(11(24)28-3-13(15,16)17)6(32-10(7)21)2-30-22(26)27/h5,7,10H,2-4H2,1H3/t5-,7+,10-/m1/s1. The predicted octanol–water partition coefficient (Wildman–Crippen LogP) is 3.76. The number of carbonyl (C=O) groups excluding carboxylic acids is 3. The molecule has 2 rings (SSSR count). The topological polar surface area (TPSA) is 135 Å². The zero-order valence-corrected chi connectivity index (χ0v) is 21.0. The van der Waals surface area contributed by atoms with Crippen LogP contribution in [0.25, 0.3) is 0 Å². The van der Waals surface area contributed by atoms with Crippen LogP contribution < -0.4 is 0 Å². The summed E-state index contributed by atoms with van der Waals surface area (Å²) in [7, 11) is 0. The highest BCUT2D eigenvalue weighted by Gasteiger charge is 2.59. The zero-order valence-electron chi connectivity index (χ0n) is 15.6. The summed E-state index contributed by atoms with van der Waals surface area (Å²) >= 11 is 34.0. The van der Waals surface area contributed by atoms with Crippen molar-refractivity contribution in [1.29, 1.82) is 0 Å². The molecular weight excluding hydrogens is 585 g/mol. The van der Waals surface area contributed by atoms with E-state index < -0.39 is 67.9 Å². The number of rotatable bonds is 8. The quantitative estimate of drug-likeness (QED) is 0.134. The van der Waals surface area contributed by atoms with Crippen molar-refractivity contribution >= 4 is 99.4 Å². The van der Waals surface area contributed by atoms with Gasteiger partial charge in [0.2, 0.25) is 13.5 Å². The van der Waals surface area contributed by atoms with Crippen molar-refractivity contribution in [3.05, 3.63) is 20.7 Å². The number of hydrogen-bond acceptors (Lipinski definition) is 10. The van der Waals surface area contributed by atoms with Gasteiger partial charge in [-0.3, -0.25) is 9.69 Å². The number of carbonyl (C=O) groups is 3. The van der Waals surface area contributed by atoms with Gasteiger partial charge in [-0.05, 0) is 6.92 Å². The van der Waals surface area contributed by atoms with E-state index in [4.69, 9.17) is 79.1 Å². The second-order valence-corrected chi connectivity index (χ2v) is 12.4. The maximum atomic E-state index is 12.7. The van der Waals surface area contributed by atoms with Crippen LogP contribution in [0.5, 0.6) is 0 Å². The van der Waals surface area contributed by atoms with E-state index in [0.717, 1.165) is 16.7 Å². The maximum absolute atomic E-state index is 12.7. The summed E-state index contributed by atoms with van der Waals surface area (Å²) in [5, 5.41) is 8.74. The Kier molecular flexibility index (Phi) is 9.16. The van der Waals surface area contributed by atoms with E-state index in [0.29, 0.717) is 0 Å². The van der Waals surface area contributed by atoms with Crippen molar-refractivity contribution in [1.82, 2.24) is 4.90 Å². The van der Waals surface area contributed by atoms with Crippen molar-refractivity contribution in [2.45, 2.75) is 26.0 Å². The van der Waals surface area contributed by atoms with Gasteiger partial charge in [-0.2, -0.15) is 0 Å². The van der Waals surface area contributed by atoms with Crippen LogP contribution in [-0.2, 0) is 28.6 Å². The molecule has 3 atom stereocenters. The molecule has 1 amide bonds. The van der Waals surface area contributed by atoms with Crippen LogP contribution in [0.1, 0.15) is 6.92 Å². The Morgan fingerprint density at radius 2 is 1.72 bits per heavy atom. The summed E-state index contributed by atoms with van der Waals surface area (Å²) in [5.74, 6) is -2.61. The smallest absolute Gasteiger partial charge is 0.456 e. The molecule has 0 radical (unpaired) electrons. The van der Waals surface area contributed by atoms with Gasteiger partial charge in [0.15, 0.2) is 0 Å². The Morgan fingerprint density at radius 3 is 2.25 bits per heavy atom. The summed E-state index contributed by atoms with van der Waals surface area (Å²) in [5.41, 5.74) is -0.302. The first kappa shape index (κ1) is 27.5. The van der Waals surface area contributed by atoms with Crippen molar-refractivity contribution < 1.29 is 38.5 Å². The monoisotopic (exact) mass is 594 g/mol. The molecule has 32 heavy (non-hydrogen) atoms. The SMILES string of the molecule is C[C@@H](OC(=O)OCC(Cl)(Cl)Cl)[C@H]1C(=O)N2C(C(=O)OCC(Cl)(Cl)Cl)=C(CO[N+](=O)[O-])S[C@H]12. The molecule has 0 aromatic rings. The number of alkyl halides is 6. The Labute approximate surface area is 214 Å². The van der Waals surface area contributed by atoms with Crippen LogP contribution in [0, 0.1) is 16.0 Å². The molecular formula is C14H12Cl6N2O9S. The Bertz CT molecular complexity index is 830. The van der Waals surface area contributed by atoms with Gasteiger partial charge in [0.1, 0.15) is 42.9 Å². The van der Waals surface area contributed by atoms with E-state index in [1.54, 1.807) is 0 Å². The van der Waals surface area contributed by atoms with E-state index in [1.165, 1.54) is 6.92 Å². The number of halogens is 6. The maximum Gasteiger partial charge on any atom is 0.508 e. The van der Waals surface area contributed by atoms with E-state index in [9.17, 15) is 24.5 Å². The van der Waals surface area contributed by atoms with Crippen molar-refractivity contribution in [3.8, 4) is 0 Å². The molecule has 2 aliphatic rings. The first-order valence-corrected chi connectivity index (χ1v) is 11.4. The Hall–Kier alpha value is -0.760. The molecule has 1 fully saturated rings. The number of fused-ring (bicyclic) bond motifs is 1. The number of hydrogen-bond donors (Lipinski definition) is 0. The van der Waals surface area contributed by atoms with Crippen LogP contribution in [0.2, 0.25) is 0 Å². The number of amides is 1. The van der Waals surface area contributed by atoms with Crippen LogP contribution >= 0.6 is 81.4 Å². The van der Waals surface area contributed by atoms with Crippen LogP contribution in [0.4, 0.5) is 4.79 Å². The highest BCUT2D eigenvalue weighted by Crippen LogP contribution is 2.51. The Balaban J connectivity index is 2.10. The summed E-state index contributed by atoms with van der Waals surface area (Å²) in [6, 6.07) is 0. The van der Waals surface area contributed by atoms with Gasteiger partial charge in [-0.1, -0.05) is 81.4 Å². The van der Waals surface area contributed by atoms with Crippen LogP contribution in [0.15, 0.2) is 10.6 Å². The third kappa shape index (κ3) is 7.37. The lowest BCUT2D eigenvalue weighted by Gasteiger charge is -2.44. The number of thioether (sulfide) groups is 1. The Morgan fingerprint density at radius 1 is 1.16 bits per heavy atom. The average Bonchev–Trinajstić information content (AvgIpc) is 2.96. The number of β-lactam (4-membered cyclic amide) rings is 1. The minimum Gasteiger partial charge on any atom is -0.456 e. The van der Waals surface area contributed by atoms with Gasteiger partial charge in [0.25, 0.3) is 5.09 Å². The van der Waals surface area contributed by atoms with Gasteiger partial charge < -0.3 is 19.0 Å². The summed E-state index contributed by atoms with van der Waals surface area (Å²) in [6.45, 7) is -0.458. The van der Waals surface area contributed by atoms with Crippen molar-refractivity contribution in [2.75, 3.05) is 19.8 Å². The lowest BCUT2D eigenvalue weighted by atomic mass is 9.92. The zero-order chi connectivity index (χ0) is 24.4. The van der Waals surface area contributed by atoms with Crippen LogP contribution in [-0.4, -0.2) is 66.9 Å². The van der Waals surface area contributed by atoms with Gasteiger partial charge in [-0.25, -0.2) is 9.59 Å². The van der Waals surface area contributed by atoms with Gasteiger partial charge in [-0.15, -0.1) is 10.1 Å². The number of ether oxygens (including phenoxy) is 3. The molecule has 0 aromatic carbocycles. The third-order valence-electron chi connectivity index (χ3n) is 3.86. The largest absolute Gasteiger partial charge is 0.508 e. The fourth-order valence-corrected chi connectivity index (χ4v) is 4.49. The van der Waals surface area contributed by atoms with Crippen molar-refractivity contribution in [2.24, 2.45) is 5.92 Å². The highest BCUT2D eigenvalue weighted by atomic mass is 35.6. The van der Waals surface area contributed by atoms with E-state index in [2.05, 4.69) is 9.57 Å². The minimum atomic E-state index is -1.92. The average molecular weight is 597 g/mol. The summed E-state index contributed by atoms with van der Waals surface area (Å²) in [4.78, 5) is 52.9. The lowest BCUT2D eigenvalue weighted by Crippen LogP contribution is -2.61. The van der Waals surface area contributed by atoms with Crippen LogP contribution in [0.3, 0.4) is 0 Å².